The number of aromatic amines is 1. The molecular formula is C19H19N3O3S. The van der Waals surface area contributed by atoms with E-state index in [1.165, 1.54) is 11.3 Å². The largest absolute Gasteiger partial charge is 0.486 e. The fourth-order valence-electron chi connectivity index (χ4n) is 3.15. The minimum Gasteiger partial charge on any atom is -0.486 e. The molecule has 0 radical (unpaired) electrons. The Morgan fingerprint density at radius 3 is 2.73 bits per heavy atom. The molecule has 6 nitrogen and oxygen atoms in total. The molecule has 0 saturated carbocycles. The topological polar surface area (TPSA) is 77.1 Å². The third-order valence-electron chi connectivity index (χ3n) is 4.41. The van der Waals surface area contributed by atoms with E-state index in [2.05, 4.69) is 10.2 Å². The Morgan fingerprint density at radius 1 is 1.15 bits per heavy atom. The van der Waals surface area contributed by atoms with Crippen LogP contribution in [0.25, 0.3) is 21.8 Å². The van der Waals surface area contributed by atoms with Gasteiger partial charge in [0, 0.05) is 10.9 Å². The first-order valence-corrected chi connectivity index (χ1v) is 9.55. The molecule has 0 fully saturated rings. The van der Waals surface area contributed by atoms with Crippen LogP contribution in [-0.4, -0.2) is 28.4 Å². The van der Waals surface area contributed by atoms with E-state index in [9.17, 15) is 4.79 Å². The first-order chi connectivity index (χ1) is 12.7. The maximum atomic E-state index is 12.4. The number of rotatable bonds is 4. The first kappa shape index (κ1) is 16.8. The quantitative estimate of drug-likeness (QED) is 0.762. The fraction of sp³-hybridized carbons (Fsp3) is 0.316. The monoisotopic (exact) mass is 369 g/mol. The zero-order valence-electron chi connectivity index (χ0n) is 14.7. The van der Waals surface area contributed by atoms with Crippen LogP contribution < -0.4 is 15.0 Å². The minimum absolute atomic E-state index is 0.192. The molecule has 134 valence electrons. The van der Waals surface area contributed by atoms with E-state index in [0.717, 1.165) is 46.9 Å². The third kappa shape index (κ3) is 2.88. The summed E-state index contributed by atoms with van der Waals surface area (Å²) in [5.74, 6) is 1.48. The van der Waals surface area contributed by atoms with Gasteiger partial charge in [-0.3, -0.25) is 4.79 Å². The zero-order chi connectivity index (χ0) is 18.1. The van der Waals surface area contributed by atoms with Gasteiger partial charge in [0.1, 0.15) is 18.2 Å². The lowest BCUT2D eigenvalue weighted by molar-refractivity contribution is 0.171. The molecule has 2 aromatic heterocycles. The van der Waals surface area contributed by atoms with Crippen molar-refractivity contribution in [1.29, 1.82) is 0 Å². The van der Waals surface area contributed by atoms with Crippen LogP contribution in [0.2, 0.25) is 0 Å². The van der Waals surface area contributed by atoms with Gasteiger partial charge in [0.15, 0.2) is 11.5 Å². The summed E-state index contributed by atoms with van der Waals surface area (Å²) in [5, 5.41) is 9.46. The number of ether oxygens (including phenoxy) is 2. The van der Waals surface area contributed by atoms with Crippen molar-refractivity contribution >= 4 is 11.3 Å². The highest BCUT2D eigenvalue weighted by Gasteiger charge is 2.18. The van der Waals surface area contributed by atoms with Crippen molar-refractivity contribution in [2.75, 3.05) is 13.2 Å². The molecule has 0 atom stereocenters. The number of aromatic nitrogens is 3. The highest BCUT2D eigenvalue weighted by molar-refractivity contribution is 7.13. The molecule has 0 saturated heterocycles. The van der Waals surface area contributed by atoms with Crippen molar-refractivity contribution in [2.45, 2.75) is 26.7 Å². The Hall–Kier alpha value is -2.67. The van der Waals surface area contributed by atoms with Crippen molar-refractivity contribution in [2.24, 2.45) is 0 Å². The number of benzene rings is 1. The molecule has 0 bridgehead atoms. The van der Waals surface area contributed by atoms with Crippen molar-refractivity contribution in [3.63, 3.8) is 0 Å². The highest BCUT2D eigenvalue weighted by Crippen LogP contribution is 2.36. The molecule has 0 unspecified atom stereocenters. The number of hydrogen-bond donors (Lipinski definition) is 1. The normalized spacial score (nSPS) is 13.0. The van der Waals surface area contributed by atoms with E-state index in [1.54, 1.807) is 0 Å². The van der Waals surface area contributed by atoms with Crippen LogP contribution in [0.3, 0.4) is 0 Å². The van der Waals surface area contributed by atoms with Gasteiger partial charge in [-0.1, -0.05) is 13.8 Å². The lowest BCUT2D eigenvalue weighted by atomic mass is 10.0. The van der Waals surface area contributed by atoms with Crippen LogP contribution in [0.5, 0.6) is 11.5 Å². The van der Waals surface area contributed by atoms with E-state index in [0.29, 0.717) is 23.8 Å². The van der Waals surface area contributed by atoms with E-state index in [-0.39, 0.29) is 5.56 Å². The number of nitrogens with one attached hydrogen (secondary N) is 1. The van der Waals surface area contributed by atoms with Gasteiger partial charge in [0.25, 0.3) is 5.56 Å². The summed E-state index contributed by atoms with van der Waals surface area (Å²) in [6.45, 7) is 5.18. The molecule has 0 aliphatic carbocycles. The van der Waals surface area contributed by atoms with Crippen molar-refractivity contribution in [1.82, 2.24) is 15.2 Å². The van der Waals surface area contributed by atoms with Crippen molar-refractivity contribution in [3.8, 4) is 33.3 Å². The van der Waals surface area contributed by atoms with E-state index < -0.39 is 0 Å². The van der Waals surface area contributed by atoms with Gasteiger partial charge in [-0.25, -0.2) is 10.1 Å². The van der Waals surface area contributed by atoms with Crippen LogP contribution >= 0.6 is 11.3 Å². The summed E-state index contributed by atoms with van der Waals surface area (Å²) in [6, 6.07) is 5.79. The molecule has 26 heavy (non-hydrogen) atoms. The predicted octanol–water partition coefficient (Wildman–Crippen LogP) is 3.46. The third-order valence-corrected chi connectivity index (χ3v) is 5.27. The number of H-pyrrole nitrogens is 1. The van der Waals surface area contributed by atoms with Gasteiger partial charge in [-0.05, 0) is 36.6 Å². The summed E-state index contributed by atoms with van der Waals surface area (Å²) in [4.78, 5) is 17.1. The van der Waals surface area contributed by atoms with Gasteiger partial charge < -0.3 is 9.47 Å². The Balaban J connectivity index is 1.77. The Morgan fingerprint density at radius 2 is 1.96 bits per heavy atom. The summed E-state index contributed by atoms with van der Waals surface area (Å²) >= 11 is 1.47. The maximum Gasteiger partial charge on any atom is 0.274 e. The molecule has 1 N–H and O–H groups in total. The summed E-state index contributed by atoms with van der Waals surface area (Å²) in [5.41, 5.74) is 4.09. The lowest BCUT2D eigenvalue weighted by Crippen LogP contribution is -2.16. The summed E-state index contributed by atoms with van der Waals surface area (Å²) < 4.78 is 11.2. The Bertz CT molecular complexity index is 1010. The van der Waals surface area contributed by atoms with Crippen LogP contribution in [0.1, 0.15) is 25.1 Å². The standard InChI is InChI=1S/C19H19N3O3S/c1-3-12-13(4-2)21-22-18(23)17(12)19-20-14(10-26-19)11-5-6-15-16(9-11)25-8-7-24-15/h5-6,9-10H,3-4,7-8H2,1-2H3,(H,22,23). The molecule has 7 heteroatoms. The summed E-state index contributed by atoms with van der Waals surface area (Å²) in [6.07, 6.45) is 1.52. The lowest BCUT2D eigenvalue weighted by Gasteiger charge is -2.18. The van der Waals surface area contributed by atoms with Crippen molar-refractivity contribution in [3.05, 3.63) is 45.2 Å². The highest BCUT2D eigenvalue weighted by atomic mass is 32.1. The van der Waals surface area contributed by atoms with E-state index in [1.807, 2.05) is 37.4 Å². The zero-order valence-corrected chi connectivity index (χ0v) is 15.5. The number of nitrogens with zero attached hydrogens (tertiary/aromatic N) is 2. The van der Waals surface area contributed by atoms with Crippen LogP contribution in [0.15, 0.2) is 28.4 Å². The van der Waals surface area contributed by atoms with Crippen LogP contribution in [0, 0.1) is 0 Å². The maximum absolute atomic E-state index is 12.4. The molecular weight excluding hydrogens is 350 g/mol. The van der Waals surface area contributed by atoms with Crippen LogP contribution in [-0.2, 0) is 12.8 Å². The number of hydrogen-bond acceptors (Lipinski definition) is 6. The molecule has 4 rings (SSSR count). The van der Waals surface area contributed by atoms with E-state index in [4.69, 9.17) is 14.5 Å². The minimum atomic E-state index is -0.192. The van der Waals surface area contributed by atoms with Gasteiger partial charge in [-0.2, -0.15) is 5.10 Å². The average Bonchev–Trinajstić information content (AvgIpc) is 3.16. The second-order valence-electron chi connectivity index (χ2n) is 5.96. The van der Waals surface area contributed by atoms with Gasteiger partial charge in [0.2, 0.25) is 0 Å². The second kappa shape index (κ2) is 6.92. The molecule has 0 amide bonds. The van der Waals surface area contributed by atoms with E-state index >= 15 is 0 Å². The van der Waals surface area contributed by atoms with Gasteiger partial charge >= 0.3 is 0 Å². The van der Waals surface area contributed by atoms with Crippen LogP contribution in [0.4, 0.5) is 0 Å². The first-order valence-electron chi connectivity index (χ1n) is 8.67. The smallest absolute Gasteiger partial charge is 0.274 e. The molecule has 3 heterocycles. The van der Waals surface area contributed by atoms with Gasteiger partial charge in [0.05, 0.1) is 17.0 Å². The molecule has 0 spiro atoms. The molecule has 3 aromatic rings. The SMILES string of the molecule is CCc1n[nH]c(=O)c(-c2nc(-c3ccc4c(c3)OCCO4)cs2)c1CC. The summed E-state index contributed by atoms with van der Waals surface area (Å²) in [7, 11) is 0. The molecule has 1 aliphatic rings. The molecule has 1 aliphatic heterocycles. The number of thiazole rings is 1. The Kier molecular flexibility index (Phi) is 4.46. The second-order valence-corrected chi connectivity index (χ2v) is 6.81. The van der Waals surface area contributed by atoms with Crippen molar-refractivity contribution < 1.29 is 9.47 Å². The average molecular weight is 369 g/mol. The predicted molar refractivity (Wildman–Crippen MR) is 101 cm³/mol. The number of fused-ring (bicyclic) bond motifs is 1. The molecule has 1 aromatic carbocycles. The van der Waals surface area contributed by atoms with Gasteiger partial charge in [-0.15, -0.1) is 11.3 Å². The fourth-order valence-corrected chi connectivity index (χ4v) is 4.04. The Labute approximate surface area is 154 Å². The number of aryl methyl sites for hydroxylation is 1.